The van der Waals surface area contributed by atoms with Gasteiger partial charge in [0.1, 0.15) is 11.6 Å². The van der Waals surface area contributed by atoms with E-state index in [1.54, 1.807) is 24.3 Å². The Morgan fingerprint density at radius 1 is 0.952 bits per heavy atom. The molecule has 0 aromatic heterocycles. The van der Waals surface area contributed by atoms with Gasteiger partial charge < -0.3 is 0 Å². The molecule has 0 amide bonds. The molecule has 0 unspecified atom stereocenters. The summed E-state index contributed by atoms with van der Waals surface area (Å²) in [7, 11) is -4.02. The van der Waals surface area contributed by atoms with E-state index in [0.717, 1.165) is 17.7 Å². The topological polar surface area (TPSA) is 46.2 Å². The van der Waals surface area contributed by atoms with Crippen molar-refractivity contribution < 1.29 is 17.2 Å². The highest BCUT2D eigenvalue weighted by atomic mass is 32.2. The van der Waals surface area contributed by atoms with E-state index in [-0.39, 0.29) is 0 Å². The Balaban J connectivity index is 2.28. The Morgan fingerprint density at radius 2 is 1.48 bits per heavy atom. The smallest absolute Gasteiger partial charge is 0.262 e. The molecule has 0 aliphatic carbocycles. The first-order chi connectivity index (χ1) is 9.78. The Bertz CT molecular complexity index is 721. The van der Waals surface area contributed by atoms with Gasteiger partial charge in [-0.05, 0) is 35.7 Å². The van der Waals surface area contributed by atoms with Crippen molar-refractivity contribution in [3.05, 3.63) is 59.7 Å². The van der Waals surface area contributed by atoms with Crippen molar-refractivity contribution in [1.82, 2.24) is 0 Å². The Hall–Kier alpha value is -1.95. The summed E-state index contributed by atoms with van der Waals surface area (Å²) in [5, 5.41) is 0. The van der Waals surface area contributed by atoms with Gasteiger partial charge in [0.05, 0.1) is 4.90 Å². The minimum absolute atomic E-state index is 0.327. The average molecular weight is 311 g/mol. The molecule has 0 aliphatic heterocycles. The lowest BCUT2D eigenvalue weighted by molar-refractivity contribution is 0.568. The lowest BCUT2D eigenvalue weighted by Gasteiger charge is -2.10. The molecule has 0 fully saturated rings. The van der Waals surface area contributed by atoms with Crippen molar-refractivity contribution in [2.75, 3.05) is 4.72 Å². The van der Waals surface area contributed by atoms with Crippen LogP contribution in [0.5, 0.6) is 0 Å². The molecule has 0 spiro atoms. The van der Waals surface area contributed by atoms with Crippen molar-refractivity contribution in [2.45, 2.75) is 24.7 Å². The normalized spacial score (nSPS) is 11.7. The molecule has 3 nitrogen and oxygen atoms in total. The van der Waals surface area contributed by atoms with Gasteiger partial charge in [0.15, 0.2) is 0 Å². The lowest BCUT2D eigenvalue weighted by Crippen LogP contribution is -2.13. The molecule has 0 bridgehead atoms. The van der Waals surface area contributed by atoms with Gasteiger partial charge in [-0.1, -0.05) is 26.0 Å². The molecule has 0 heterocycles. The van der Waals surface area contributed by atoms with Crippen LogP contribution in [0.25, 0.3) is 0 Å². The molecule has 0 saturated carbocycles. The van der Waals surface area contributed by atoms with Crippen molar-refractivity contribution in [3.8, 4) is 0 Å². The zero-order chi connectivity index (χ0) is 15.6. The first-order valence-corrected chi connectivity index (χ1v) is 7.85. The van der Waals surface area contributed by atoms with Crippen molar-refractivity contribution in [2.24, 2.45) is 0 Å². The van der Waals surface area contributed by atoms with Gasteiger partial charge in [-0.3, -0.25) is 4.72 Å². The molecule has 0 aliphatic rings. The quantitative estimate of drug-likeness (QED) is 0.931. The van der Waals surface area contributed by atoms with Crippen LogP contribution in [0.2, 0.25) is 0 Å². The van der Waals surface area contributed by atoms with E-state index in [9.17, 15) is 17.2 Å². The zero-order valence-electron chi connectivity index (χ0n) is 11.6. The Labute approximate surface area is 122 Å². The zero-order valence-corrected chi connectivity index (χ0v) is 12.4. The van der Waals surface area contributed by atoms with E-state index < -0.39 is 26.6 Å². The fourth-order valence-electron chi connectivity index (χ4n) is 1.83. The fraction of sp³-hybridized carbons (Fsp3) is 0.200. The predicted octanol–water partition coefficient (Wildman–Crippen LogP) is 3.89. The monoisotopic (exact) mass is 311 g/mol. The molecule has 112 valence electrons. The van der Waals surface area contributed by atoms with Crippen LogP contribution in [-0.4, -0.2) is 8.42 Å². The van der Waals surface area contributed by atoms with E-state index in [1.165, 1.54) is 0 Å². The van der Waals surface area contributed by atoms with Gasteiger partial charge in [-0.2, -0.15) is 0 Å². The third kappa shape index (κ3) is 3.78. The van der Waals surface area contributed by atoms with Gasteiger partial charge in [0.2, 0.25) is 0 Å². The molecule has 21 heavy (non-hydrogen) atoms. The number of benzene rings is 2. The summed E-state index contributed by atoms with van der Waals surface area (Å²) in [5.74, 6) is -1.55. The molecule has 0 radical (unpaired) electrons. The van der Waals surface area contributed by atoms with E-state index in [1.807, 2.05) is 13.8 Å². The SMILES string of the molecule is CC(C)c1ccc(NS(=O)(=O)c2cc(F)cc(F)c2)cc1. The predicted molar refractivity (Wildman–Crippen MR) is 77.7 cm³/mol. The summed E-state index contributed by atoms with van der Waals surface area (Å²) in [6, 6.07) is 8.99. The molecule has 1 N–H and O–H groups in total. The van der Waals surface area contributed by atoms with Crippen LogP contribution < -0.4 is 4.72 Å². The fourth-order valence-corrected chi connectivity index (χ4v) is 2.93. The molecular weight excluding hydrogens is 296 g/mol. The maximum atomic E-state index is 13.1. The highest BCUT2D eigenvalue weighted by molar-refractivity contribution is 7.92. The van der Waals surface area contributed by atoms with Crippen LogP contribution in [0.15, 0.2) is 47.4 Å². The number of rotatable bonds is 4. The molecule has 0 saturated heterocycles. The lowest BCUT2D eigenvalue weighted by atomic mass is 10.0. The van der Waals surface area contributed by atoms with Crippen LogP contribution in [0, 0.1) is 11.6 Å². The number of sulfonamides is 1. The molecule has 0 atom stereocenters. The second kappa shape index (κ2) is 5.81. The Morgan fingerprint density at radius 3 is 1.95 bits per heavy atom. The van der Waals surface area contributed by atoms with Crippen LogP contribution in [0.4, 0.5) is 14.5 Å². The number of halogens is 2. The van der Waals surface area contributed by atoms with Crippen molar-refractivity contribution in [1.29, 1.82) is 0 Å². The van der Waals surface area contributed by atoms with E-state index >= 15 is 0 Å². The largest absolute Gasteiger partial charge is 0.280 e. The van der Waals surface area contributed by atoms with Crippen LogP contribution >= 0.6 is 0 Å². The third-order valence-electron chi connectivity index (χ3n) is 2.98. The molecule has 2 aromatic rings. The summed E-state index contributed by atoms with van der Waals surface area (Å²) >= 11 is 0. The van der Waals surface area contributed by atoms with Crippen molar-refractivity contribution >= 4 is 15.7 Å². The number of nitrogens with one attached hydrogen (secondary N) is 1. The van der Waals surface area contributed by atoms with Crippen molar-refractivity contribution in [3.63, 3.8) is 0 Å². The second-order valence-corrected chi connectivity index (χ2v) is 6.67. The van der Waals surface area contributed by atoms with Gasteiger partial charge in [0.25, 0.3) is 10.0 Å². The van der Waals surface area contributed by atoms with Crippen LogP contribution in [0.1, 0.15) is 25.3 Å². The van der Waals surface area contributed by atoms with Crippen LogP contribution in [0.3, 0.4) is 0 Å². The summed E-state index contributed by atoms with van der Waals surface area (Å²) in [5.41, 5.74) is 1.40. The maximum Gasteiger partial charge on any atom is 0.262 e. The maximum absolute atomic E-state index is 13.1. The first kappa shape index (κ1) is 15.4. The average Bonchev–Trinajstić information content (AvgIpc) is 2.37. The summed E-state index contributed by atoms with van der Waals surface area (Å²) in [6.07, 6.45) is 0. The highest BCUT2D eigenvalue weighted by Gasteiger charge is 2.16. The summed E-state index contributed by atoms with van der Waals surface area (Å²) < 4.78 is 52.7. The van der Waals surface area contributed by atoms with Crippen LogP contribution in [-0.2, 0) is 10.0 Å². The molecule has 2 aromatic carbocycles. The Kier molecular flexibility index (Phi) is 4.27. The number of hydrogen-bond donors (Lipinski definition) is 1. The van der Waals surface area contributed by atoms with E-state index in [4.69, 9.17) is 0 Å². The van der Waals surface area contributed by atoms with Gasteiger partial charge in [0, 0.05) is 11.8 Å². The summed E-state index contributed by atoms with van der Waals surface area (Å²) in [4.78, 5) is -0.451. The minimum Gasteiger partial charge on any atom is -0.280 e. The van der Waals surface area contributed by atoms with Gasteiger partial charge in [-0.25, -0.2) is 17.2 Å². The molecule has 2 rings (SSSR count). The summed E-state index contributed by atoms with van der Waals surface area (Å²) in [6.45, 7) is 4.05. The van der Waals surface area contributed by atoms with Gasteiger partial charge in [-0.15, -0.1) is 0 Å². The highest BCUT2D eigenvalue weighted by Crippen LogP contribution is 2.21. The molecular formula is C15H15F2NO2S. The first-order valence-electron chi connectivity index (χ1n) is 6.37. The number of anilines is 1. The standard InChI is InChI=1S/C15H15F2NO2S/c1-10(2)11-3-5-14(6-4-11)18-21(19,20)15-8-12(16)7-13(17)9-15/h3-10,18H,1-2H3. The molecule has 6 heteroatoms. The van der Waals surface area contributed by atoms with Gasteiger partial charge >= 0.3 is 0 Å². The van der Waals surface area contributed by atoms with E-state index in [0.29, 0.717) is 17.7 Å². The minimum atomic E-state index is -4.02. The van der Waals surface area contributed by atoms with E-state index in [2.05, 4.69) is 4.72 Å². The number of hydrogen-bond acceptors (Lipinski definition) is 2. The second-order valence-electron chi connectivity index (χ2n) is 4.99. The third-order valence-corrected chi connectivity index (χ3v) is 4.34.